The van der Waals surface area contributed by atoms with Gasteiger partial charge in [0.2, 0.25) is 0 Å². The molecular formula is C16H33NS2. The minimum absolute atomic E-state index is 0.450. The van der Waals surface area contributed by atoms with Gasteiger partial charge in [-0.1, -0.05) is 40.5 Å². The van der Waals surface area contributed by atoms with Gasteiger partial charge in [-0.15, -0.1) is 0 Å². The van der Waals surface area contributed by atoms with Gasteiger partial charge < -0.3 is 4.90 Å². The summed E-state index contributed by atoms with van der Waals surface area (Å²) in [6, 6.07) is 0. The summed E-state index contributed by atoms with van der Waals surface area (Å²) in [6.45, 7) is 13.2. The highest BCUT2D eigenvalue weighted by atomic mass is 32.2. The smallest absolute Gasteiger partial charge is 0.0116 e. The Kier molecular flexibility index (Phi) is 7.63. The number of hydrogen-bond acceptors (Lipinski definition) is 3. The van der Waals surface area contributed by atoms with Crippen molar-refractivity contribution in [2.45, 2.75) is 64.5 Å². The van der Waals surface area contributed by atoms with Crippen LogP contribution in [0.15, 0.2) is 0 Å². The lowest BCUT2D eigenvalue weighted by Gasteiger charge is -2.37. The maximum absolute atomic E-state index is 4.70. The van der Waals surface area contributed by atoms with Crippen LogP contribution in [-0.2, 0) is 0 Å². The molecule has 1 saturated heterocycles. The van der Waals surface area contributed by atoms with E-state index in [1.165, 1.54) is 57.5 Å². The van der Waals surface area contributed by atoms with E-state index in [9.17, 15) is 0 Å². The van der Waals surface area contributed by atoms with Crippen LogP contribution in [0.3, 0.4) is 0 Å². The molecule has 0 bridgehead atoms. The fraction of sp³-hybridized carbons (Fsp3) is 1.00. The lowest BCUT2D eigenvalue weighted by atomic mass is 9.80. The molecule has 0 saturated carbocycles. The van der Waals surface area contributed by atoms with Crippen LogP contribution in [-0.4, -0.2) is 40.8 Å². The molecule has 0 unspecified atom stereocenters. The SMILES string of the molecule is CCCC(CS)(CCC)CN1CCSC(C)(C)CC1. The number of thioether (sulfide) groups is 1. The second-order valence-electron chi connectivity index (χ2n) is 6.79. The van der Waals surface area contributed by atoms with Crippen molar-refractivity contribution in [3.05, 3.63) is 0 Å². The second kappa shape index (κ2) is 8.19. The van der Waals surface area contributed by atoms with E-state index >= 15 is 0 Å². The van der Waals surface area contributed by atoms with Gasteiger partial charge in [0.05, 0.1) is 0 Å². The Bertz CT molecular complexity index is 247. The Hall–Kier alpha value is 0.660. The third kappa shape index (κ3) is 5.89. The molecule has 0 N–H and O–H groups in total. The lowest BCUT2D eigenvalue weighted by Crippen LogP contribution is -2.40. The first-order valence-corrected chi connectivity index (χ1v) is 9.56. The quantitative estimate of drug-likeness (QED) is 0.678. The van der Waals surface area contributed by atoms with Crippen LogP contribution in [0.1, 0.15) is 59.8 Å². The molecule has 1 rings (SSSR count). The van der Waals surface area contributed by atoms with E-state index in [-0.39, 0.29) is 0 Å². The van der Waals surface area contributed by atoms with Crippen LogP contribution in [0.5, 0.6) is 0 Å². The summed E-state index contributed by atoms with van der Waals surface area (Å²) in [5, 5.41) is 0. The zero-order chi connectivity index (χ0) is 14.4. The molecule has 1 aliphatic rings. The maximum atomic E-state index is 4.70. The van der Waals surface area contributed by atoms with Gasteiger partial charge in [-0.3, -0.25) is 0 Å². The van der Waals surface area contributed by atoms with Crippen LogP contribution in [0.4, 0.5) is 0 Å². The average molecular weight is 304 g/mol. The monoisotopic (exact) mass is 303 g/mol. The zero-order valence-electron chi connectivity index (χ0n) is 13.4. The first-order valence-electron chi connectivity index (χ1n) is 7.94. The van der Waals surface area contributed by atoms with E-state index < -0.39 is 0 Å². The van der Waals surface area contributed by atoms with E-state index in [1.807, 2.05) is 0 Å². The molecule has 1 aliphatic heterocycles. The minimum Gasteiger partial charge on any atom is -0.302 e. The summed E-state index contributed by atoms with van der Waals surface area (Å²) in [5.74, 6) is 2.33. The molecule has 0 spiro atoms. The van der Waals surface area contributed by atoms with Crippen LogP contribution in [0, 0.1) is 5.41 Å². The van der Waals surface area contributed by atoms with Gasteiger partial charge in [0.1, 0.15) is 0 Å². The highest BCUT2D eigenvalue weighted by Gasteiger charge is 2.31. The predicted molar refractivity (Wildman–Crippen MR) is 93.7 cm³/mol. The van der Waals surface area contributed by atoms with Gasteiger partial charge >= 0.3 is 0 Å². The predicted octanol–water partition coefficient (Wildman–Crippen LogP) is 4.72. The van der Waals surface area contributed by atoms with Gasteiger partial charge in [-0.2, -0.15) is 24.4 Å². The summed E-state index contributed by atoms with van der Waals surface area (Å²) in [6.07, 6.45) is 6.55. The molecular weight excluding hydrogens is 270 g/mol. The van der Waals surface area contributed by atoms with Crippen molar-refractivity contribution in [2.24, 2.45) is 5.41 Å². The molecule has 19 heavy (non-hydrogen) atoms. The van der Waals surface area contributed by atoms with Gasteiger partial charge in [0.25, 0.3) is 0 Å². The average Bonchev–Trinajstić information content (AvgIpc) is 2.51. The van der Waals surface area contributed by atoms with Gasteiger partial charge in [-0.05, 0) is 37.0 Å². The van der Waals surface area contributed by atoms with E-state index in [2.05, 4.69) is 44.4 Å². The molecule has 3 heteroatoms. The Morgan fingerprint density at radius 2 is 1.79 bits per heavy atom. The summed E-state index contributed by atoms with van der Waals surface area (Å²) in [7, 11) is 0. The van der Waals surface area contributed by atoms with Crippen molar-refractivity contribution in [1.29, 1.82) is 0 Å². The molecule has 0 aliphatic carbocycles. The first kappa shape index (κ1) is 17.7. The van der Waals surface area contributed by atoms with Crippen molar-refractivity contribution >= 4 is 24.4 Å². The van der Waals surface area contributed by atoms with Gasteiger partial charge in [0, 0.05) is 23.6 Å². The topological polar surface area (TPSA) is 3.24 Å². The Labute approximate surface area is 130 Å². The molecule has 1 heterocycles. The Morgan fingerprint density at radius 1 is 1.16 bits per heavy atom. The summed E-state index contributed by atoms with van der Waals surface area (Å²) in [4.78, 5) is 2.71. The molecule has 0 aromatic rings. The molecule has 114 valence electrons. The third-order valence-electron chi connectivity index (χ3n) is 4.39. The number of rotatable bonds is 7. The molecule has 0 radical (unpaired) electrons. The van der Waals surface area contributed by atoms with Gasteiger partial charge in [0.15, 0.2) is 0 Å². The molecule has 0 amide bonds. The molecule has 1 nitrogen and oxygen atoms in total. The summed E-state index contributed by atoms with van der Waals surface area (Å²) in [5.41, 5.74) is 0.450. The van der Waals surface area contributed by atoms with E-state index in [0.717, 1.165) is 5.75 Å². The molecule has 0 atom stereocenters. The van der Waals surface area contributed by atoms with Crippen molar-refractivity contribution in [2.75, 3.05) is 31.1 Å². The number of nitrogens with zero attached hydrogens (tertiary/aromatic N) is 1. The summed E-state index contributed by atoms with van der Waals surface area (Å²) >= 11 is 6.84. The molecule has 1 fully saturated rings. The van der Waals surface area contributed by atoms with E-state index in [0.29, 0.717) is 10.2 Å². The second-order valence-corrected chi connectivity index (χ2v) is 8.91. The fourth-order valence-corrected chi connectivity index (χ4v) is 4.80. The van der Waals surface area contributed by atoms with Crippen LogP contribution < -0.4 is 0 Å². The lowest BCUT2D eigenvalue weighted by molar-refractivity contribution is 0.151. The van der Waals surface area contributed by atoms with Gasteiger partial charge in [-0.25, -0.2) is 0 Å². The van der Waals surface area contributed by atoms with Crippen LogP contribution in [0.2, 0.25) is 0 Å². The minimum atomic E-state index is 0.450. The maximum Gasteiger partial charge on any atom is 0.0116 e. The standard InChI is InChI=1S/C16H33NS2/c1-5-7-16(14-18,8-6-2)13-17-10-9-15(3,4)19-12-11-17/h18H,5-14H2,1-4H3. The normalized spacial score (nSPS) is 21.3. The van der Waals surface area contributed by atoms with Crippen LogP contribution >= 0.6 is 24.4 Å². The van der Waals surface area contributed by atoms with E-state index in [1.54, 1.807) is 0 Å². The molecule has 0 aromatic carbocycles. The first-order chi connectivity index (χ1) is 8.97. The van der Waals surface area contributed by atoms with E-state index in [4.69, 9.17) is 12.6 Å². The van der Waals surface area contributed by atoms with Crippen molar-refractivity contribution in [3.63, 3.8) is 0 Å². The van der Waals surface area contributed by atoms with Crippen LogP contribution in [0.25, 0.3) is 0 Å². The Morgan fingerprint density at radius 3 is 2.32 bits per heavy atom. The third-order valence-corrected chi connectivity index (χ3v) is 6.43. The Balaban J connectivity index is 2.62. The molecule has 0 aromatic heterocycles. The zero-order valence-corrected chi connectivity index (χ0v) is 15.1. The number of hydrogen-bond donors (Lipinski definition) is 1. The summed E-state index contributed by atoms with van der Waals surface area (Å²) < 4.78 is 0.466. The fourth-order valence-electron chi connectivity index (χ4n) is 3.25. The highest BCUT2D eigenvalue weighted by Crippen LogP contribution is 2.35. The number of thiol groups is 1. The largest absolute Gasteiger partial charge is 0.302 e. The highest BCUT2D eigenvalue weighted by molar-refractivity contribution is 8.00. The van der Waals surface area contributed by atoms with Crippen molar-refractivity contribution in [3.8, 4) is 0 Å². The van der Waals surface area contributed by atoms with Crippen molar-refractivity contribution in [1.82, 2.24) is 4.90 Å². The van der Waals surface area contributed by atoms with Crippen molar-refractivity contribution < 1.29 is 0 Å².